The van der Waals surface area contributed by atoms with Gasteiger partial charge in [-0.15, -0.1) is 0 Å². The van der Waals surface area contributed by atoms with Gasteiger partial charge in [0.1, 0.15) is 0 Å². The van der Waals surface area contributed by atoms with Gasteiger partial charge < -0.3 is 4.90 Å². The highest BCUT2D eigenvalue weighted by molar-refractivity contribution is 7.88. The maximum atomic E-state index is 13.0. The largest absolute Gasteiger partial charge is 0.335 e. The molecule has 0 aliphatic carbocycles. The fourth-order valence-electron chi connectivity index (χ4n) is 3.00. The van der Waals surface area contributed by atoms with Crippen LogP contribution >= 0.6 is 0 Å². The normalized spacial score (nSPS) is 13.0. The minimum atomic E-state index is -3.55. The van der Waals surface area contributed by atoms with Crippen LogP contribution in [0.3, 0.4) is 0 Å². The maximum absolute atomic E-state index is 13.0. The summed E-state index contributed by atoms with van der Waals surface area (Å²) in [5, 5.41) is 0. The van der Waals surface area contributed by atoms with Crippen molar-refractivity contribution in [2.45, 2.75) is 39.4 Å². The minimum absolute atomic E-state index is 0.0360. The Hall–Kier alpha value is -2.18. The van der Waals surface area contributed by atoms with E-state index in [1.54, 1.807) is 11.8 Å². The molecule has 0 aromatic heterocycles. The summed E-state index contributed by atoms with van der Waals surface area (Å²) in [7, 11) is -3.55. The van der Waals surface area contributed by atoms with Gasteiger partial charge in [0.25, 0.3) is 0 Å². The number of nitrogens with zero attached hydrogens (tertiary/aromatic N) is 2. The molecule has 2 aromatic rings. The number of carbonyl (C=O) groups is 1. The average molecular weight is 389 g/mol. The number of hydrogen-bond acceptors (Lipinski definition) is 3. The molecule has 1 atom stereocenters. The van der Waals surface area contributed by atoms with E-state index in [2.05, 4.69) is 0 Å². The Morgan fingerprint density at radius 1 is 0.926 bits per heavy atom. The lowest BCUT2D eigenvalue weighted by Gasteiger charge is -2.32. The van der Waals surface area contributed by atoms with Crippen LogP contribution in [0, 0.1) is 0 Å². The lowest BCUT2D eigenvalue weighted by Crippen LogP contribution is -2.45. The first-order valence-corrected chi connectivity index (χ1v) is 10.9. The Balaban J connectivity index is 2.23. The first kappa shape index (κ1) is 21.1. The van der Waals surface area contributed by atoms with E-state index in [9.17, 15) is 13.2 Å². The highest BCUT2D eigenvalue weighted by Gasteiger charge is 2.29. The Bertz CT molecular complexity index is 836. The second kappa shape index (κ2) is 9.15. The molecule has 0 spiro atoms. The van der Waals surface area contributed by atoms with Gasteiger partial charge in [-0.1, -0.05) is 60.7 Å². The van der Waals surface area contributed by atoms with E-state index in [0.717, 1.165) is 17.4 Å². The first-order chi connectivity index (χ1) is 12.7. The number of rotatable bonds is 8. The molecule has 0 saturated heterocycles. The zero-order chi connectivity index (χ0) is 20.0. The molecule has 0 aliphatic heterocycles. The van der Waals surface area contributed by atoms with Crippen LogP contribution in [0.15, 0.2) is 60.7 Å². The summed E-state index contributed by atoms with van der Waals surface area (Å²) in [6.45, 7) is 5.95. The van der Waals surface area contributed by atoms with E-state index in [1.807, 2.05) is 74.5 Å². The van der Waals surface area contributed by atoms with Crippen LogP contribution in [0.5, 0.6) is 0 Å². The van der Waals surface area contributed by atoms with E-state index >= 15 is 0 Å². The zero-order valence-electron chi connectivity index (χ0n) is 16.4. The van der Waals surface area contributed by atoms with Crippen LogP contribution in [0.4, 0.5) is 0 Å². The van der Waals surface area contributed by atoms with Crippen molar-refractivity contribution in [3.63, 3.8) is 0 Å². The van der Waals surface area contributed by atoms with Crippen molar-refractivity contribution in [2.75, 3.05) is 12.8 Å². The van der Waals surface area contributed by atoms with Gasteiger partial charge in [-0.3, -0.25) is 4.79 Å². The summed E-state index contributed by atoms with van der Waals surface area (Å²) in [6.07, 6.45) is 1.15. The number of amides is 1. The quantitative estimate of drug-likeness (QED) is 0.696. The minimum Gasteiger partial charge on any atom is -0.335 e. The average Bonchev–Trinajstić information content (AvgIpc) is 2.64. The topological polar surface area (TPSA) is 57.7 Å². The van der Waals surface area contributed by atoms with E-state index in [4.69, 9.17) is 0 Å². The molecule has 146 valence electrons. The smallest absolute Gasteiger partial charge is 0.238 e. The molecule has 5 nitrogen and oxygen atoms in total. The molecule has 0 bridgehead atoms. The van der Waals surface area contributed by atoms with Gasteiger partial charge in [-0.25, -0.2) is 8.42 Å². The van der Waals surface area contributed by atoms with Crippen molar-refractivity contribution < 1.29 is 13.2 Å². The van der Waals surface area contributed by atoms with Crippen molar-refractivity contribution in [3.05, 3.63) is 71.8 Å². The number of carbonyl (C=O) groups excluding carboxylic acids is 1. The van der Waals surface area contributed by atoms with Crippen molar-refractivity contribution in [1.82, 2.24) is 9.21 Å². The third-order valence-corrected chi connectivity index (χ3v) is 5.87. The monoisotopic (exact) mass is 388 g/mol. The van der Waals surface area contributed by atoms with Crippen LogP contribution in [-0.2, 0) is 21.4 Å². The molecule has 0 saturated carbocycles. The fourth-order valence-corrected chi connectivity index (χ4v) is 4.04. The highest BCUT2D eigenvalue weighted by Crippen LogP contribution is 2.23. The third-order valence-electron chi connectivity index (χ3n) is 4.57. The second-order valence-corrected chi connectivity index (χ2v) is 8.93. The van der Waals surface area contributed by atoms with E-state index < -0.39 is 16.1 Å². The van der Waals surface area contributed by atoms with E-state index in [1.165, 1.54) is 4.31 Å². The van der Waals surface area contributed by atoms with Gasteiger partial charge in [0.05, 0.1) is 12.8 Å². The summed E-state index contributed by atoms with van der Waals surface area (Å²) in [5.41, 5.74) is 1.87. The van der Waals surface area contributed by atoms with Crippen molar-refractivity contribution in [3.8, 4) is 0 Å². The second-order valence-electron chi connectivity index (χ2n) is 7.00. The molecule has 1 amide bonds. The van der Waals surface area contributed by atoms with E-state index in [-0.39, 0.29) is 18.5 Å². The van der Waals surface area contributed by atoms with Gasteiger partial charge >= 0.3 is 0 Å². The van der Waals surface area contributed by atoms with Crippen LogP contribution in [0.1, 0.15) is 37.9 Å². The van der Waals surface area contributed by atoms with Crippen LogP contribution in [0.2, 0.25) is 0 Å². The molecule has 6 heteroatoms. The Labute approximate surface area is 162 Å². The van der Waals surface area contributed by atoms with Crippen LogP contribution in [0.25, 0.3) is 0 Å². The Morgan fingerprint density at radius 2 is 1.44 bits per heavy atom. The van der Waals surface area contributed by atoms with Crippen LogP contribution in [-0.4, -0.2) is 42.4 Å². The molecule has 0 heterocycles. The SMILES string of the molecule is CC(C)N(Cc1ccccc1)C(=O)CN(C(C)c1ccccc1)S(C)(=O)=O. The molecule has 27 heavy (non-hydrogen) atoms. The molecule has 2 rings (SSSR count). The lowest BCUT2D eigenvalue weighted by atomic mass is 10.1. The van der Waals surface area contributed by atoms with Crippen molar-refractivity contribution in [1.29, 1.82) is 0 Å². The molecule has 1 unspecified atom stereocenters. The first-order valence-electron chi connectivity index (χ1n) is 9.05. The number of hydrogen-bond donors (Lipinski definition) is 0. The van der Waals surface area contributed by atoms with Crippen molar-refractivity contribution in [2.24, 2.45) is 0 Å². The summed E-state index contributed by atoms with van der Waals surface area (Å²) in [5.74, 6) is -0.206. The predicted octanol–water partition coefficient (Wildman–Crippen LogP) is 3.45. The summed E-state index contributed by atoms with van der Waals surface area (Å²) in [4.78, 5) is 14.7. The molecule has 2 aromatic carbocycles. The van der Waals surface area contributed by atoms with Gasteiger partial charge in [-0.05, 0) is 31.9 Å². The predicted molar refractivity (Wildman–Crippen MR) is 109 cm³/mol. The Kier molecular flexibility index (Phi) is 7.16. The highest BCUT2D eigenvalue weighted by atomic mass is 32.2. The van der Waals surface area contributed by atoms with Gasteiger partial charge in [0, 0.05) is 18.6 Å². The zero-order valence-corrected chi connectivity index (χ0v) is 17.2. The van der Waals surface area contributed by atoms with Crippen molar-refractivity contribution >= 4 is 15.9 Å². The van der Waals surface area contributed by atoms with Gasteiger partial charge in [0.2, 0.25) is 15.9 Å². The molecule has 0 radical (unpaired) electrons. The van der Waals surface area contributed by atoms with Gasteiger partial charge in [-0.2, -0.15) is 4.31 Å². The molecule has 0 aliphatic rings. The van der Waals surface area contributed by atoms with Gasteiger partial charge in [0.15, 0.2) is 0 Å². The summed E-state index contributed by atoms with van der Waals surface area (Å²) < 4.78 is 26.0. The lowest BCUT2D eigenvalue weighted by molar-refractivity contribution is -0.134. The Morgan fingerprint density at radius 3 is 1.93 bits per heavy atom. The molecule has 0 fully saturated rings. The third kappa shape index (κ3) is 5.91. The number of benzene rings is 2. The van der Waals surface area contributed by atoms with Crippen LogP contribution < -0.4 is 0 Å². The van der Waals surface area contributed by atoms with E-state index in [0.29, 0.717) is 6.54 Å². The number of sulfonamides is 1. The summed E-state index contributed by atoms with van der Waals surface area (Å²) >= 11 is 0. The fraction of sp³-hybridized carbons (Fsp3) is 0.381. The molecule has 0 N–H and O–H groups in total. The summed E-state index contributed by atoms with van der Waals surface area (Å²) in [6, 6.07) is 18.6. The standard InChI is InChI=1S/C21H28N2O3S/c1-17(2)22(15-19-11-7-5-8-12-19)21(24)16-23(27(4,25)26)18(3)20-13-9-6-10-14-20/h5-14,17-18H,15-16H2,1-4H3. The molecular formula is C21H28N2O3S. The maximum Gasteiger partial charge on any atom is 0.238 e. The molecular weight excluding hydrogens is 360 g/mol.